The van der Waals surface area contributed by atoms with E-state index in [2.05, 4.69) is 0 Å². The smallest absolute Gasteiger partial charge is 0.186 e. The summed E-state index contributed by atoms with van der Waals surface area (Å²) >= 11 is 0. The Kier molecular flexibility index (Phi) is 6.05. The van der Waals surface area contributed by atoms with E-state index in [0.29, 0.717) is 5.56 Å². The van der Waals surface area contributed by atoms with Crippen molar-refractivity contribution in [3.63, 3.8) is 0 Å². The fourth-order valence-electron chi connectivity index (χ4n) is 2.26. The number of phenolic OH excluding ortho intramolecular Hbond substituents is 1. The maximum Gasteiger partial charge on any atom is 0.186 e. The standard InChI is InChI=1S/C15H20O8/c16-7-11-12(19)13(20)14(21)15(23-11)22-6-5-10(18)8-1-3-9(17)4-2-8/h1-4,11-17,19-21H,5-7H2/t11-,12+,13+,14-,15-/m0/s1. The van der Waals surface area contributed by atoms with E-state index in [9.17, 15) is 20.1 Å². The lowest BCUT2D eigenvalue weighted by molar-refractivity contribution is -0.300. The van der Waals surface area contributed by atoms with Crippen molar-refractivity contribution >= 4 is 5.78 Å². The van der Waals surface area contributed by atoms with Crippen molar-refractivity contribution in [3.8, 4) is 5.75 Å². The van der Waals surface area contributed by atoms with E-state index in [1.165, 1.54) is 24.3 Å². The molecule has 1 aliphatic heterocycles. The fourth-order valence-corrected chi connectivity index (χ4v) is 2.26. The van der Waals surface area contributed by atoms with Crippen molar-refractivity contribution in [2.75, 3.05) is 13.2 Å². The molecule has 8 heteroatoms. The van der Waals surface area contributed by atoms with Crippen LogP contribution in [0.3, 0.4) is 0 Å². The summed E-state index contributed by atoms with van der Waals surface area (Å²) in [7, 11) is 0. The molecule has 1 aromatic rings. The van der Waals surface area contributed by atoms with Crippen molar-refractivity contribution in [2.45, 2.75) is 37.1 Å². The molecule has 0 unspecified atom stereocenters. The quantitative estimate of drug-likeness (QED) is 0.410. The Balaban J connectivity index is 1.85. The number of phenols is 1. The molecule has 1 saturated heterocycles. The van der Waals surface area contributed by atoms with Crippen LogP contribution in [0.25, 0.3) is 0 Å². The number of aliphatic hydroxyl groups is 4. The van der Waals surface area contributed by atoms with Gasteiger partial charge in [0, 0.05) is 12.0 Å². The van der Waals surface area contributed by atoms with Crippen molar-refractivity contribution in [1.29, 1.82) is 0 Å². The van der Waals surface area contributed by atoms with Gasteiger partial charge >= 0.3 is 0 Å². The molecule has 0 aliphatic carbocycles. The molecule has 5 N–H and O–H groups in total. The molecule has 1 heterocycles. The summed E-state index contributed by atoms with van der Waals surface area (Å²) in [6.45, 7) is -0.625. The Morgan fingerprint density at radius 1 is 1.09 bits per heavy atom. The first-order valence-electron chi connectivity index (χ1n) is 7.18. The highest BCUT2D eigenvalue weighted by atomic mass is 16.7. The SMILES string of the molecule is O=C(CCO[C@H]1O[C@@H](CO)[C@@H](O)[C@@H](O)[C@@H]1O)c1ccc(O)cc1. The summed E-state index contributed by atoms with van der Waals surface area (Å²) in [6, 6.07) is 5.74. The van der Waals surface area contributed by atoms with Gasteiger partial charge in [-0.25, -0.2) is 0 Å². The first-order chi connectivity index (χ1) is 10.9. The average molecular weight is 328 g/mol. The van der Waals surface area contributed by atoms with E-state index in [1.54, 1.807) is 0 Å². The van der Waals surface area contributed by atoms with E-state index in [-0.39, 0.29) is 24.6 Å². The molecule has 0 saturated carbocycles. The summed E-state index contributed by atoms with van der Waals surface area (Å²) in [5, 5.41) is 47.3. The summed E-state index contributed by atoms with van der Waals surface area (Å²) in [4.78, 5) is 11.9. The molecule has 5 atom stereocenters. The maximum absolute atomic E-state index is 11.9. The second kappa shape index (κ2) is 7.82. The van der Waals surface area contributed by atoms with Gasteiger partial charge in [-0.3, -0.25) is 4.79 Å². The lowest BCUT2D eigenvalue weighted by Gasteiger charge is -2.39. The van der Waals surface area contributed by atoms with Crippen LogP contribution in [0.15, 0.2) is 24.3 Å². The van der Waals surface area contributed by atoms with Gasteiger partial charge in [0.25, 0.3) is 0 Å². The molecule has 8 nitrogen and oxygen atoms in total. The second-order valence-electron chi connectivity index (χ2n) is 5.29. The zero-order chi connectivity index (χ0) is 17.0. The summed E-state index contributed by atoms with van der Waals surface area (Å²) < 4.78 is 10.4. The average Bonchev–Trinajstić information content (AvgIpc) is 2.55. The van der Waals surface area contributed by atoms with E-state index < -0.39 is 37.3 Å². The Morgan fingerprint density at radius 3 is 2.35 bits per heavy atom. The minimum Gasteiger partial charge on any atom is -0.508 e. The van der Waals surface area contributed by atoms with Crippen LogP contribution in [0, 0.1) is 0 Å². The number of aromatic hydroxyl groups is 1. The summed E-state index contributed by atoms with van der Waals surface area (Å²) in [6.07, 6.45) is -6.76. The highest BCUT2D eigenvalue weighted by Gasteiger charge is 2.43. The number of rotatable bonds is 6. The van der Waals surface area contributed by atoms with Gasteiger partial charge in [-0.15, -0.1) is 0 Å². The van der Waals surface area contributed by atoms with Gasteiger partial charge in [0.1, 0.15) is 30.2 Å². The minimum atomic E-state index is -1.52. The fraction of sp³-hybridized carbons (Fsp3) is 0.533. The van der Waals surface area contributed by atoms with Gasteiger partial charge < -0.3 is 35.0 Å². The van der Waals surface area contributed by atoms with Crippen LogP contribution in [0.5, 0.6) is 5.75 Å². The lowest BCUT2D eigenvalue weighted by Crippen LogP contribution is -2.59. The van der Waals surface area contributed by atoms with E-state index in [0.717, 1.165) is 0 Å². The number of benzene rings is 1. The van der Waals surface area contributed by atoms with Crippen LogP contribution in [0.1, 0.15) is 16.8 Å². The van der Waals surface area contributed by atoms with Crippen LogP contribution in [-0.4, -0.2) is 75.2 Å². The number of ether oxygens (including phenoxy) is 2. The van der Waals surface area contributed by atoms with Gasteiger partial charge in [0.15, 0.2) is 12.1 Å². The highest BCUT2D eigenvalue weighted by Crippen LogP contribution is 2.22. The first kappa shape index (κ1) is 17.8. The van der Waals surface area contributed by atoms with Crippen molar-refractivity contribution in [1.82, 2.24) is 0 Å². The third kappa shape index (κ3) is 4.25. The molecule has 1 aromatic carbocycles. The van der Waals surface area contributed by atoms with Gasteiger partial charge in [-0.05, 0) is 24.3 Å². The van der Waals surface area contributed by atoms with Crippen LogP contribution in [-0.2, 0) is 9.47 Å². The van der Waals surface area contributed by atoms with Crippen molar-refractivity contribution < 1.29 is 39.8 Å². The summed E-state index contributed by atoms with van der Waals surface area (Å²) in [5.74, 6) is -0.172. The maximum atomic E-state index is 11.9. The molecule has 0 spiro atoms. The highest BCUT2D eigenvalue weighted by molar-refractivity contribution is 5.96. The number of Topliss-reactive ketones (excluding diaryl/α,β-unsaturated/α-hetero) is 1. The van der Waals surface area contributed by atoms with Gasteiger partial charge in [0.05, 0.1) is 13.2 Å². The molecule has 0 bridgehead atoms. The second-order valence-corrected chi connectivity index (χ2v) is 5.29. The normalized spacial score (nSPS) is 31.0. The molecule has 128 valence electrons. The number of hydrogen-bond acceptors (Lipinski definition) is 8. The predicted octanol–water partition coefficient (Wildman–Crippen LogP) is -1.22. The third-order valence-corrected chi connectivity index (χ3v) is 3.65. The first-order valence-corrected chi connectivity index (χ1v) is 7.18. The van der Waals surface area contributed by atoms with Gasteiger partial charge in [-0.2, -0.15) is 0 Å². The molecular formula is C15H20O8. The Bertz CT molecular complexity index is 515. The number of hydrogen-bond donors (Lipinski definition) is 5. The number of ketones is 1. The Hall–Kier alpha value is -1.55. The zero-order valence-electron chi connectivity index (χ0n) is 12.3. The topological polar surface area (TPSA) is 137 Å². The monoisotopic (exact) mass is 328 g/mol. The molecule has 0 radical (unpaired) electrons. The van der Waals surface area contributed by atoms with Gasteiger partial charge in [-0.1, -0.05) is 0 Å². The van der Waals surface area contributed by atoms with Crippen LogP contribution >= 0.6 is 0 Å². The molecular weight excluding hydrogens is 308 g/mol. The van der Waals surface area contributed by atoms with E-state index in [4.69, 9.17) is 19.7 Å². The van der Waals surface area contributed by atoms with Crippen molar-refractivity contribution in [3.05, 3.63) is 29.8 Å². The lowest BCUT2D eigenvalue weighted by atomic mass is 9.99. The molecule has 1 fully saturated rings. The van der Waals surface area contributed by atoms with Crippen molar-refractivity contribution in [2.24, 2.45) is 0 Å². The Labute approximate surface area is 132 Å². The minimum absolute atomic E-state index is 0.000203. The van der Waals surface area contributed by atoms with E-state index >= 15 is 0 Å². The van der Waals surface area contributed by atoms with Crippen LogP contribution in [0.4, 0.5) is 0 Å². The molecule has 0 aromatic heterocycles. The third-order valence-electron chi connectivity index (χ3n) is 3.65. The molecule has 0 amide bonds. The molecule has 1 aliphatic rings. The zero-order valence-corrected chi connectivity index (χ0v) is 12.3. The number of carbonyl (C=O) groups is 1. The molecule has 23 heavy (non-hydrogen) atoms. The van der Waals surface area contributed by atoms with Crippen LogP contribution in [0.2, 0.25) is 0 Å². The Morgan fingerprint density at radius 2 is 1.74 bits per heavy atom. The predicted molar refractivity (Wildman–Crippen MR) is 76.8 cm³/mol. The molecule has 2 rings (SSSR count). The van der Waals surface area contributed by atoms with E-state index in [1.807, 2.05) is 0 Å². The number of carbonyl (C=O) groups excluding carboxylic acids is 1. The van der Waals surface area contributed by atoms with Gasteiger partial charge in [0.2, 0.25) is 0 Å². The number of aliphatic hydroxyl groups excluding tert-OH is 4. The van der Waals surface area contributed by atoms with Crippen LogP contribution < -0.4 is 0 Å². The largest absolute Gasteiger partial charge is 0.508 e. The summed E-state index contributed by atoms with van der Waals surface area (Å²) in [5.41, 5.74) is 0.403.